The summed E-state index contributed by atoms with van der Waals surface area (Å²) in [7, 11) is 0. The second-order valence-corrected chi connectivity index (χ2v) is 5.17. The number of aryl methyl sites for hydroxylation is 2. The first-order valence-corrected chi connectivity index (χ1v) is 6.31. The average molecular weight is 234 g/mol. The molecule has 1 saturated heterocycles. The third-order valence-corrected chi connectivity index (χ3v) is 3.41. The largest absolute Gasteiger partial charge is 0.507 e. The van der Waals surface area contributed by atoms with Gasteiger partial charge in [-0.1, -0.05) is 12.1 Å². The van der Waals surface area contributed by atoms with Gasteiger partial charge in [0.05, 0.1) is 0 Å². The molecule has 1 aliphatic rings. The number of piperazine rings is 1. The summed E-state index contributed by atoms with van der Waals surface area (Å²) in [4.78, 5) is 2.46. The smallest absolute Gasteiger partial charge is 0.121 e. The van der Waals surface area contributed by atoms with Gasteiger partial charge in [0.25, 0.3) is 0 Å². The Bertz CT molecular complexity index is 380. The van der Waals surface area contributed by atoms with Gasteiger partial charge in [-0.15, -0.1) is 0 Å². The highest BCUT2D eigenvalue weighted by Crippen LogP contribution is 2.23. The average Bonchev–Trinajstić information content (AvgIpc) is 2.26. The molecule has 0 spiro atoms. The van der Waals surface area contributed by atoms with E-state index in [2.05, 4.69) is 29.3 Å². The lowest BCUT2D eigenvalue weighted by atomic mass is 10.0. The Morgan fingerprint density at radius 2 is 2.00 bits per heavy atom. The van der Waals surface area contributed by atoms with Gasteiger partial charge in [0.2, 0.25) is 0 Å². The van der Waals surface area contributed by atoms with Crippen LogP contribution in [0.25, 0.3) is 0 Å². The molecular weight excluding hydrogens is 212 g/mol. The van der Waals surface area contributed by atoms with E-state index in [0.717, 1.165) is 37.3 Å². The van der Waals surface area contributed by atoms with Crippen molar-refractivity contribution in [1.29, 1.82) is 0 Å². The molecule has 3 heteroatoms. The fraction of sp³-hybridized carbons (Fsp3) is 0.571. The van der Waals surface area contributed by atoms with Crippen molar-refractivity contribution in [1.82, 2.24) is 10.2 Å². The van der Waals surface area contributed by atoms with Gasteiger partial charge in [0, 0.05) is 32.2 Å². The summed E-state index contributed by atoms with van der Waals surface area (Å²) in [5.74, 6) is 0.433. The quantitative estimate of drug-likeness (QED) is 0.819. The molecular formula is C14H22N2O. The van der Waals surface area contributed by atoms with Crippen LogP contribution >= 0.6 is 0 Å². The highest BCUT2D eigenvalue weighted by atomic mass is 16.3. The molecule has 1 heterocycles. The van der Waals surface area contributed by atoms with Gasteiger partial charge < -0.3 is 10.4 Å². The van der Waals surface area contributed by atoms with E-state index in [1.165, 1.54) is 5.56 Å². The van der Waals surface area contributed by atoms with Crippen LogP contribution in [0.15, 0.2) is 12.1 Å². The van der Waals surface area contributed by atoms with Gasteiger partial charge >= 0.3 is 0 Å². The molecule has 1 aromatic carbocycles. The lowest BCUT2D eigenvalue weighted by Gasteiger charge is -2.32. The number of phenolic OH excluding ortho intramolecular Hbond substituents is 1. The van der Waals surface area contributed by atoms with E-state index in [4.69, 9.17) is 0 Å². The molecule has 94 valence electrons. The Labute approximate surface area is 103 Å². The normalized spacial score (nSPS) is 21.7. The zero-order valence-electron chi connectivity index (χ0n) is 11.0. The second kappa shape index (κ2) is 5.07. The van der Waals surface area contributed by atoms with Gasteiger partial charge in [-0.25, -0.2) is 0 Å². The van der Waals surface area contributed by atoms with Crippen LogP contribution in [0, 0.1) is 13.8 Å². The topological polar surface area (TPSA) is 35.5 Å². The summed E-state index contributed by atoms with van der Waals surface area (Å²) in [6, 6.07) is 4.76. The summed E-state index contributed by atoms with van der Waals surface area (Å²) in [6.07, 6.45) is 0. The molecule has 1 atom stereocenters. The van der Waals surface area contributed by atoms with Gasteiger partial charge in [-0.05, 0) is 37.5 Å². The third kappa shape index (κ3) is 2.99. The van der Waals surface area contributed by atoms with Crippen molar-refractivity contribution in [2.45, 2.75) is 33.4 Å². The van der Waals surface area contributed by atoms with Gasteiger partial charge in [-0.2, -0.15) is 0 Å². The lowest BCUT2D eigenvalue weighted by Crippen LogP contribution is -2.48. The Balaban J connectivity index is 2.08. The van der Waals surface area contributed by atoms with Crippen LogP contribution in [0.2, 0.25) is 0 Å². The van der Waals surface area contributed by atoms with Crippen LogP contribution in [0.5, 0.6) is 5.75 Å². The van der Waals surface area contributed by atoms with Gasteiger partial charge in [0.15, 0.2) is 0 Å². The number of aromatic hydroxyl groups is 1. The van der Waals surface area contributed by atoms with Crippen molar-refractivity contribution in [3.05, 3.63) is 28.8 Å². The molecule has 3 nitrogen and oxygen atoms in total. The highest BCUT2D eigenvalue weighted by molar-refractivity contribution is 5.42. The molecule has 2 rings (SSSR count). The fourth-order valence-corrected chi connectivity index (χ4v) is 2.55. The van der Waals surface area contributed by atoms with Crippen LogP contribution in [-0.4, -0.2) is 35.7 Å². The maximum absolute atomic E-state index is 9.76. The molecule has 0 amide bonds. The molecule has 17 heavy (non-hydrogen) atoms. The first-order valence-electron chi connectivity index (χ1n) is 6.31. The maximum atomic E-state index is 9.76. The summed E-state index contributed by atoms with van der Waals surface area (Å²) in [6.45, 7) is 10.4. The molecule has 1 aliphatic heterocycles. The Kier molecular flexibility index (Phi) is 3.69. The molecule has 0 aromatic heterocycles. The minimum atomic E-state index is 0.433. The molecule has 0 aliphatic carbocycles. The van der Waals surface area contributed by atoms with Crippen molar-refractivity contribution in [3.63, 3.8) is 0 Å². The van der Waals surface area contributed by atoms with E-state index in [1.54, 1.807) is 0 Å². The zero-order valence-corrected chi connectivity index (χ0v) is 11.0. The highest BCUT2D eigenvalue weighted by Gasteiger charge is 2.16. The number of nitrogens with zero attached hydrogens (tertiary/aromatic N) is 1. The van der Waals surface area contributed by atoms with Crippen LogP contribution in [-0.2, 0) is 6.54 Å². The van der Waals surface area contributed by atoms with Crippen LogP contribution in [0.3, 0.4) is 0 Å². The molecule has 1 fully saturated rings. The van der Waals surface area contributed by atoms with E-state index < -0.39 is 0 Å². The van der Waals surface area contributed by atoms with Crippen LogP contribution < -0.4 is 5.32 Å². The van der Waals surface area contributed by atoms with E-state index in [9.17, 15) is 5.11 Å². The first kappa shape index (κ1) is 12.4. The fourth-order valence-electron chi connectivity index (χ4n) is 2.55. The van der Waals surface area contributed by atoms with Crippen molar-refractivity contribution in [2.75, 3.05) is 19.6 Å². The number of phenols is 1. The molecule has 1 aromatic rings. The Morgan fingerprint density at radius 1 is 1.35 bits per heavy atom. The SMILES string of the molecule is Cc1cc(CN2CCNC(C)C2)cc(C)c1O. The standard InChI is InChI=1S/C14H22N2O/c1-10-6-13(7-11(2)14(10)17)9-16-5-4-15-12(3)8-16/h6-7,12,15,17H,4-5,8-9H2,1-3H3. The summed E-state index contributed by atoms with van der Waals surface area (Å²) in [5.41, 5.74) is 3.25. The zero-order chi connectivity index (χ0) is 12.4. The van der Waals surface area contributed by atoms with Gasteiger partial charge in [0.1, 0.15) is 5.75 Å². The first-order chi connectivity index (χ1) is 8.06. The number of hydrogen-bond donors (Lipinski definition) is 2. The van der Waals surface area contributed by atoms with E-state index >= 15 is 0 Å². The molecule has 0 radical (unpaired) electrons. The minimum Gasteiger partial charge on any atom is -0.507 e. The van der Waals surface area contributed by atoms with E-state index in [-0.39, 0.29) is 0 Å². The molecule has 2 N–H and O–H groups in total. The predicted octanol–water partition coefficient (Wildman–Crippen LogP) is 1.80. The van der Waals surface area contributed by atoms with Crippen molar-refractivity contribution < 1.29 is 5.11 Å². The summed E-state index contributed by atoms with van der Waals surface area (Å²) < 4.78 is 0. The maximum Gasteiger partial charge on any atom is 0.121 e. The number of rotatable bonds is 2. The molecule has 0 bridgehead atoms. The predicted molar refractivity (Wildman–Crippen MR) is 70.3 cm³/mol. The van der Waals surface area contributed by atoms with Crippen LogP contribution in [0.4, 0.5) is 0 Å². The van der Waals surface area contributed by atoms with E-state index in [0.29, 0.717) is 11.8 Å². The Morgan fingerprint density at radius 3 is 2.59 bits per heavy atom. The van der Waals surface area contributed by atoms with Gasteiger partial charge in [-0.3, -0.25) is 4.90 Å². The molecule has 1 unspecified atom stereocenters. The van der Waals surface area contributed by atoms with Crippen LogP contribution in [0.1, 0.15) is 23.6 Å². The number of nitrogens with one attached hydrogen (secondary N) is 1. The Hall–Kier alpha value is -1.06. The number of hydrogen-bond acceptors (Lipinski definition) is 3. The number of benzene rings is 1. The van der Waals surface area contributed by atoms with E-state index in [1.807, 2.05) is 13.8 Å². The van der Waals surface area contributed by atoms with Crippen molar-refractivity contribution in [3.8, 4) is 5.75 Å². The lowest BCUT2D eigenvalue weighted by molar-refractivity contribution is 0.199. The third-order valence-electron chi connectivity index (χ3n) is 3.41. The second-order valence-electron chi connectivity index (χ2n) is 5.17. The minimum absolute atomic E-state index is 0.433. The summed E-state index contributed by atoms with van der Waals surface area (Å²) in [5, 5.41) is 13.2. The van der Waals surface area contributed by atoms with Crippen molar-refractivity contribution >= 4 is 0 Å². The monoisotopic (exact) mass is 234 g/mol. The van der Waals surface area contributed by atoms with Crippen molar-refractivity contribution in [2.24, 2.45) is 0 Å². The molecule has 0 saturated carbocycles. The summed E-state index contributed by atoms with van der Waals surface area (Å²) >= 11 is 0.